The Morgan fingerprint density at radius 1 is 1.32 bits per heavy atom. The second-order valence-electron chi connectivity index (χ2n) is 6.15. The van der Waals surface area contributed by atoms with Gasteiger partial charge in [-0.25, -0.2) is 13.9 Å². The highest BCUT2D eigenvalue weighted by Gasteiger charge is 2.28. The van der Waals surface area contributed by atoms with Crippen LogP contribution in [0, 0.1) is 5.82 Å². The number of carbonyl (C=O) groups excluding carboxylic acids is 1. The van der Waals surface area contributed by atoms with Gasteiger partial charge in [-0.05, 0) is 42.7 Å². The molecule has 1 saturated heterocycles. The highest BCUT2D eigenvalue weighted by Crippen LogP contribution is 2.36. The molecule has 0 spiro atoms. The fourth-order valence-electron chi connectivity index (χ4n) is 3.41. The van der Waals surface area contributed by atoms with E-state index in [9.17, 15) is 9.18 Å². The zero-order valence-electron chi connectivity index (χ0n) is 13.4. The monoisotopic (exact) mass is 340 g/mol. The Morgan fingerprint density at radius 3 is 2.92 bits per heavy atom. The maximum Gasteiger partial charge on any atom is 0.254 e. The lowest BCUT2D eigenvalue weighted by Crippen LogP contribution is -2.24. The third-order valence-electron chi connectivity index (χ3n) is 4.49. The number of benzene rings is 1. The number of hydrogen-bond donors (Lipinski definition) is 2. The van der Waals surface area contributed by atoms with Crippen LogP contribution in [0.25, 0.3) is 5.65 Å². The molecule has 1 atom stereocenters. The SMILES string of the molecule is NC(=O)c1cnn2ccc(N3CCCC3c3cc(N)cc(F)c3)nc12. The van der Waals surface area contributed by atoms with Gasteiger partial charge >= 0.3 is 0 Å². The van der Waals surface area contributed by atoms with E-state index >= 15 is 0 Å². The standard InChI is InChI=1S/C17H17FN6O/c18-11-6-10(7-12(19)8-11)14-2-1-4-23(14)15-3-5-24-17(22-15)13(9-21-24)16(20)25/h3,5-9,14H,1-2,4,19H2,(H2,20,25). The fourth-order valence-corrected chi connectivity index (χ4v) is 3.41. The number of fused-ring (bicyclic) bond motifs is 1. The zero-order valence-corrected chi connectivity index (χ0v) is 13.4. The molecule has 25 heavy (non-hydrogen) atoms. The molecule has 1 unspecified atom stereocenters. The summed E-state index contributed by atoms with van der Waals surface area (Å²) in [4.78, 5) is 18.2. The Kier molecular flexibility index (Phi) is 3.52. The smallest absolute Gasteiger partial charge is 0.254 e. The minimum atomic E-state index is -0.574. The molecule has 0 aliphatic carbocycles. The van der Waals surface area contributed by atoms with Crippen LogP contribution in [-0.4, -0.2) is 27.0 Å². The van der Waals surface area contributed by atoms with E-state index in [4.69, 9.17) is 11.5 Å². The number of nitrogens with zero attached hydrogens (tertiary/aromatic N) is 4. The average Bonchev–Trinajstić information content (AvgIpc) is 3.20. The number of carbonyl (C=O) groups is 1. The Bertz CT molecular complexity index is 949. The molecule has 1 amide bonds. The van der Waals surface area contributed by atoms with Crippen LogP contribution < -0.4 is 16.4 Å². The van der Waals surface area contributed by atoms with E-state index in [1.54, 1.807) is 12.3 Å². The lowest BCUT2D eigenvalue weighted by Gasteiger charge is -2.26. The second-order valence-corrected chi connectivity index (χ2v) is 6.15. The second kappa shape index (κ2) is 5.73. The molecule has 1 aliphatic heterocycles. The average molecular weight is 340 g/mol. The van der Waals surface area contributed by atoms with Gasteiger partial charge in [0, 0.05) is 18.4 Å². The summed E-state index contributed by atoms with van der Waals surface area (Å²) >= 11 is 0. The van der Waals surface area contributed by atoms with Gasteiger partial charge in [0.25, 0.3) is 5.91 Å². The predicted molar refractivity (Wildman–Crippen MR) is 91.6 cm³/mol. The number of amides is 1. The van der Waals surface area contributed by atoms with E-state index in [1.165, 1.54) is 22.8 Å². The van der Waals surface area contributed by atoms with Gasteiger partial charge in [0.1, 0.15) is 17.2 Å². The summed E-state index contributed by atoms with van der Waals surface area (Å²) in [5.74, 6) is -0.228. The Morgan fingerprint density at radius 2 is 2.16 bits per heavy atom. The molecule has 1 aliphatic rings. The van der Waals surface area contributed by atoms with Crippen molar-refractivity contribution in [1.82, 2.24) is 14.6 Å². The van der Waals surface area contributed by atoms with Crippen molar-refractivity contribution in [2.45, 2.75) is 18.9 Å². The minimum Gasteiger partial charge on any atom is -0.399 e. The normalized spacial score (nSPS) is 17.3. The quantitative estimate of drug-likeness (QED) is 0.709. The van der Waals surface area contributed by atoms with Crippen molar-refractivity contribution < 1.29 is 9.18 Å². The van der Waals surface area contributed by atoms with Gasteiger partial charge in [-0.15, -0.1) is 0 Å². The zero-order chi connectivity index (χ0) is 17.6. The fraction of sp³-hybridized carbons (Fsp3) is 0.235. The van der Waals surface area contributed by atoms with E-state index in [0.717, 1.165) is 24.9 Å². The molecule has 1 aromatic carbocycles. The van der Waals surface area contributed by atoms with Gasteiger partial charge in [-0.1, -0.05) is 0 Å². The molecule has 8 heteroatoms. The molecule has 1 fully saturated rings. The van der Waals surface area contributed by atoms with Crippen LogP contribution in [0.4, 0.5) is 15.9 Å². The number of nitrogen functional groups attached to an aromatic ring is 1. The highest BCUT2D eigenvalue weighted by molar-refractivity contribution is 5.98. The van der Waals surface area contributed by atoms with Crippen LogP contribution in [0.5, 0.6) is 0 Å². The summed E-state index contributed by atoms with van der Waals surface area (Å²) in [6, 6.07) is 6.40. The molecule has 0 bridgehead atoms. The van der Waals surface area contributed by atoms with E-state index in [0.29, 0.717) is 17.2 Å². The van der Waals surface area contributed by atoms with Crippen LogP contribution in [0.15, 0.2) is 36.7 Å². The molecule has 3 heterocycles. The van der Waals surface area contributed by atoms with Crippen molar-refractivity contribution in [3.8, 4) is 0 Å². The molecule has 4 N–H and O–H groups in total. The van der Waals surface area contributed by atoms with Crippen LogP contribution >= 0.6 is 0 Å². The third kappa shape index (κ3) is 2.65. The summed E-state index contributed by atoms with van der Waals surface area (Å²) in [6.07, 6.45) is 4.97. The molecule has 3 aromatic rings. The summed E-state index contributed by atoms with van der Waals surface area (Å²) in [7, 11) is 0. The van der Waals surface area contributed by atoms with E-state index in [2.05, 4.69) is 15.0 Å². The van der Waals surface area contributed by atoms with E-state index in [1.807, 2.05) is 6.07 Å². The molecule has 7 nitrogen and oxygen atoms in total. The topological polar surface area (TPSA) is 103 Å². The third-order valence-corrected chi connectivity index (χ3v) is 4.49. The van der Waals surface area contributed by atoms with Crippen molar-refractivity contribution in [1.29, 1.82) is 0 Å². The lowest BCUT2D eigenvalue weighted by molar-refractivity contribution is 0.100. The summed E-state index contributed by atoms with van der Waals surface area (Å²) in [6.45, 7) is 0.782. The first-order valence-corrected chi connectivity index (χ1v) is 8.00. The maximum atomic E-state index is 13.7. The van der Waals surface area contributed by atoms with Crippen LogP contribution in [0.2, 0.25) is 0 Å². The molecule has 4 rings (SSSR count). The van der Waals surface area contributed by atoms with Crippen LogP contribution in [0.3, 0.4) is 0 Å². The number of hydrogen-bond acceptors (Lipinski definition) is 5. The van der Waals surface area contributed by atoms with Crippen molar-refractivity contribution in [3.63, 3.8) is 0 Å². The Hall–Kier alpha value is -3.16. The van der Waals surface area contributed by atoms with E-state index < -0.39 is 5.91 Å². The van der Waals surface area contributed by atoms with Crippen LogP contribution in [0.1, 0.15) is 34.8 Å². The number of anilines is 2. The predicted octanol–water partition coefficient (Wildman–Crippen LogP) is 1.89. The van der Waals surface area contributed by atoms with Gasteiger partial charge < -0.3 is 16.4 Å². The first-order valence-electron chi connectivity index (χ1n) is 8.00. The molecule has 0 radical (unpaired) electrons. The summed E-state index contributed by atoms with van der Waals surface area (Å²) in [5.41, 5.74) is 13.1. The summed E-state index contributed by atoms with van der Waals surface area (Å²) < 4.78 is 15.3. The lowest BCUT2D eigenvalue weighted by atomic mass is 10.0. The molecular formula is C17H17FN6O. The van der Waals surface area contributed by atoms with Gasteiger partial charge in [0.2, 0.25) is 0 Å². The van der Waals surface area contributed by atoms with Crippen molar-refractivity contribution in [3.05, 3.63) is 53.6 Å². The molecule has 128 valence electrons. The number of aromatic nitrogens is 3. The largest absolute Gasteiger partial charge is 0.399 e. The first kappa shape index (κ1) is 15.4. The maximum absolute atomic E-state index is 13.7. The van der Waals surface area contributed by atoms with Gasteiger partial charge in [0.05, 0.1) is 12.2 Å². The Balaban J connectivity index is 1.76. The van der Waals surface area contributed by atoms with Crippen molar-refractivity contribution >= 4 is 23.1 Å². The molecular weight excluding hydrogens is 323 g/mol. The number of rotatable bonds is 3. The first-order chi connectivity index (χ1) is 12.0. The number of primary amides is 1. The van der Waals surface area contributed by atoms with Crippen LogP contribution in [-0.2, 0) is 0 Å². The van der Waals surface area contributed by atoms with E-state index in [-0.39, 0.29) is 17.4 Å². The minimum absolute atomic E-state index is 0.0205. The number of nitrogens with two attached hydrogens (primary N) is 2. The molecule has 2 aromatic heterocycles. The highest BCUT2D eigenvalue weighted by atomic mass is 19.1. The Labute approximate surface area is 143 Å². The molecule has 0 saturated carbocycles. The van der Waals surface area contributed by atoms with Crippen molar-refractivity contribution in [2.75, 3.05) is 17.2 Å². The number of halogens is 1. The van der Waals surface area contributed by atoms with Gasteiger partial charge in [0.15, 0.2) is 5.65 Å². The van der Waals surface area contributed by atoms with Gasteiger partial charge in [-0.3, -0.25) is 4.79 Å². The van der Waals surface area contributed by atoms with Gasteiger partial charge in [-0.2, -0.15) is 5.10 Å². The summed E-state index contributed by atoms with van der Waals surface area (Å²) in [5, 5.41) is 4.08. The van der Waals surface area contributed by atoms with Crippen molar-refractivity contribution in [2.24, 2.45) is 5.73 Å².